The molecule has 2 nitrogen and oxygen atoms in total. The number of hydrogen-bond donors (Lipinski definition) is 2. The smallest absolute Gasteiger partial charge is 0.0602 e. The third-order valence-electron chi connectivity index (χ3n) is 5.83. The molecule has 0 aliphatic heterocycles. The Balaban J connectivity index is 1.84. The fraction of sp³-hybridized carbons (Fsp3) is 0.455. The van der Waals surface area contributed by atoms with E-state index in [2.05, 4.69) is 61.9 Å². The molecule has 3 heteroatoms. The van der Waals surface area contributed by atoms with Crippen molar-refractivity contribution in [1.82, 2.24) is 10.6 Å². The van der Waals surface area contributed by atoms with Crippen molar-refractivity contribution in [3.05, 3.63) is 69.7 Å². The molecular formula is C22H29ClN2. The number of nitrogens with one attached hydrogen (secondary N) is 2. The predicted molar refractivity (Wildman–Crippen MR) is 107 cm³/mol. The first-order valence-electron chi connectivity index (χ1n) is 9.30. The van der Waals surface area contributed by atoms with Crippen LogP contribution in [0.1, 0.15) is 47.9 Å². The van der Waals surface area contributed by atoms with Crippen LogP contribution in [-0.4, -0.2) is 13.1 Å². The van der Waals surface area contributed by atoms with Gasteiger partial charge in [-0.3, -0.25) is 0 Å². The molecule has 0 saturated heterocycles. The minimum absolute atomic E-state index is 0.101. The van der Waals surface area contributed by atoms with Crippen LogP contribution in [0.3, 0.4) is 0 Å². The van der Waals surface area contributed by atoms with E-state index < -0.39 is 0 Å². The minimum atomic E-state index is -0.101. The van der Waals surface area contributed by atoms with Crippen molar-refractivity contribution in [1.29, 1.82) is 0 Å². The lowest BCUT2D eigenvalue weighted by molar-refractivity contribution is 0.177. The summed E-state index contributed by atoms with van der Waals surface area (Å²) in [6.45, 7) is 5.23. The molecule has 2 N–H and O–H groups in total. The zero-order valence-corrected chi connectivity index (χ0v) is 16.3. The molecule has 0 bridgehead atoms. The number of halogens is 1. The number of hydrogen-bond acceptors (Lipinski definition) is 2. The van der Waals surface area contributed by atoms with Crippen LogP contribution in [0.25, 0.3) is 0 Å². The van der Waals surface area contributed by atoms with E-state index in [0.717, 1.165) is 24.4 Å². The molecule has 3 rings (SSSR count). The summed E-state index contributed by atoms with van der Waals surface area (Å²) < 4.78 is 0. The van der Waals surface area contributed by atoms with Crippen LogP contribution in [0.2, 0.25) is 5.02 Å². The molecule has 1 aliphatic rings. The molecule has 2 aromatic carbocycles. The highest BCUT2D eigenvalue weighted by molar-refractivity contribution is 6.31. The van der Waals surface area contributed by atoms with E-state index in [1.807, 2.05) is 12.1 Å². The summed E-state index contributed by atoms with van der Waals surface area (Å²) in [7, 11) is 2.07. The Kier molecular flexibility index (Phi) is 5.83. The standard InChI is InChI=1S/C22H29ClN2/c1-16-11-12-18(14-17(16)2)15-25-21-10-6-7-13-22(21,24-3)19-8-4-5-9-20(19)23/h4-5,8-9,11-12,14,21,24-25H,6-7,10,13,15H2,1-3H3/t21-,22+/m0/s1. The molecule has 0 spiro atoms. The van der Waals surface area contributed by atoms with Gasteiger partial charge in [0, 0.05) is 17.6 Å². The van der Waals surface area contributed by atoms with Gasteiger partial charge >= 0.3 is 0 Å². The van der Waals surface area contributed by atoms with Gasteiger partial charge in [0.1, 0.15) is 0 Å². The highest BCUT2D eigenvalue weighted by Crippen LogP contribution is 2.40. The molecule has 134 valence electrons. The van der Waals surface area contributed by atoms with Crippen molar-refractivity contribution in [2.45, 2.75) is 57.7 Å². The molecule has 25 heavy (non-hydrogen) atoms. The first-order chi connectivity index (χ1) is 12.1. The van der Waals surface area contributed by atoms with Gasteiger partial charge in [0.15, 0.2) is 0 Å². The van der Waals surface area contributed by atoms with Crippen LogP contribution in [0.15, 0.2) is 42.5 Å². The van der Waals surface area contributed by atoms with Crippen molar-refractivity contribution in [3.8, 4) is 0 Å². The van der Waals surface area contributed by atoms with Crippen molar-refractivity contribution in [3.63, 3.8) is 0 Å². The highest BCUT2D eigenvalue weighted by atomic mass is 35.5. The molecule has 0 radical (unpaired) electrons. The summed E-state index contributed by atoms with van der Waals surface area (Å²) in [5, 5.41) is 8.32. The molecule has 2 atom stereocenters. The number of likely N-dealkylation sites (N-methyl/N-ethyl adjacent to an activating group) is 1. The van der Waals surface area contributed by atoms with Gasteiger partial charge in [-0.25, -0.2) is 0 Å². The Bertz CT molecular complexity index is 728. The van der Waals surface area contributed by atoms with Crippen molar-refractivity contribution in [2.75, 3.05) is 7.05 Å². The van der Waals surface area contributed by atoms with Gasteiger partial charge in [0.2, 0.25) is 0 Å². The Morgan fingerprint density at radius 2 is 1.88 bits per heavy atom. The van der Waals surface area contributed by atoms with Crippen molar-refractivity contribution < 1.29 is 0 Å². The highest BCUT2D eigenvalue weighted by Gasteiger charge is 2.41. The Labute approximate surface area is 157 Å². The number of aryl methyl sites for hydroxylation is 2. The quantitative estimate of drug-likeness (QED) is 0.778. The average molecular weight is 357 g/mol. The largest absolute Gasteiger partial charge is 0.309 e. The second kappa shape index (κ2) is 7.90. The van der Waals surface area contributed by atoms with Crippen LogP contribution in [0, 0.1) is 13.8 Å². The van der Waals surface area contributed by atoms with E-state index >= 15 is 0 Å². The van der Waals surface area contributed by atoms with Gasteiger partial charge in [0.05, 0.1) is 5.54 Å². The average Bonchev–Trinajstić information content (AvgIpc) is 2.63. The van der Waals surface area contributed by atoms with Gasteiger partial charge < -0.3 is 10.6 Å². The van der Waals surface area contributed by atoms with Gasteiger partial charge in [-0.15, -0.1) is 0 Å². The monoisotopic (exact) mass is 356 g/mol. The van der Waals surface area contributed by atoms with E-state index in [1.165, 1.54) is 35.1 Å². The number of benzene rings is 2. The Morgan fingerprint density at radius 3 is 2.60 bits per heavy atom. The van der Waals surface area contributed by atoms with Crippen LogP contribution in [0.4, 0.5) is 0 Å². The Hall–Kier alpha value is -1.35. The lowest BCUT2D eigenvalue weighted by Gasteiger charge is -2.45. The molecule has 0 amide bonds. The molecule has 1 fully saturated rings. The molecular weight excluding hydrogens is 328 g/mol. The summed E-state index contributed by atoms with van der Waals surface area (Å²) in [6, 6.07) is 15.4. The topological polar surface area (TPSA) is 24.1 Å². The molecule has 1 saturated carbocycles. The Morgan fingerprint density at radius 1 is 1.08 bits per heavy atom. The van der Waals surface area contributed by atoms with E-state index in [4.69, 9.17) is 11.6 Å². The summed E-state index contributed by atoms with van der Waals surface area (Å²) in [5.74, 6) is 0. The molecule has 1 aliphatic carbocycles. The van der Waals surface area contributed by atoms with Crippen molar-refractivity contribution >= 4 is 11.6 Å². The second-order valence-electron chi connectivity index (χ2n) is 7.30. The van der Waals surface area contributed by atoms with Gasteiger partial charge in [-0.1, -0.05) is 60.8 Å². The predicted octanol–water partition coefficient (Wildman–Crippen LogP) is 5.10. The maximum Gasteiger partial charge on any atom is 0.0602 e. The maximum absolute atomic E-state index is 6.58. The summed E-state index contributed by atoms with van der Waals surface area (Å²) in [6.07, 6.45) is 4.76. The van der Waals surface area contributed by atoms with E-state index in [9.17, 15) is 0 Å². The summed E-state index contributed by atoms with van der Waals surface area (Å²) in [5.41, 5.74) is 5.17. The van der Waals surface area contributed by atoms with E-state index in [0.29, 0.717) is 6.04 Å². The van der Waals surface area contributed by atoms with Crippen LogP contribution >= 0.6 is 11.6 Å². The second-order valence-corrected chi connectivity index (χ2v) is 7.71. The molecule has 0 aromatic heterocycles. The lowest BCUT2D eigenvalue weighted by Crippen LogP contribution is -2.57. The maximum atomic E-state index is 6.58. The van der Waals surface area contributed by atoms with Crippen LogP contribution < -0.4 is 10.6 Å². The van der Waals surface area contributed by atoms with Gasteiger partial charge in [-0.2, -0.15) is 0 Å². The van der Waals surface area contributed by atoms with Gasteiger partial charge in [-0.05, 0) is 62.1 Å². The van der Waals surface area contributed by atoms with E-state index in [-0.39, 0.29) is 5.54 Å². The van der Waals surface area contributed by atoms with Crippen LogP contribution in [0.5, 0.6) is 0 Å². The normalized spacial score (nSPS) is 23.6. The van der Waals surface area contributed by atoms with Gasteiger partial charge in [0.25, 0.3) is 0 Å². The molecule has 0 heterocycles. The fourth-order valence-corrected chi connectivity index (χ4v) is 4.49. The molecule has 2 aromatic rings. The van der Waals surface area contributed by atoms with E-state index in [1.54, 1.807) is 0 Å². The minimum Gasteiger partial charge on any atom is -0.309 e. The van der Waals surface area contributed by atoms with Crippen molar-refractivity contribution in [2.24, 2.45) is 0 Å². The summed E-state index contributed by atoms with van der Waals surface area (Å²) in [4.78, 5) is 0. The fourth-order valence-electron chi connectivity index (χ4n) is 4.18. The SMILES string of the molecule is CN[C@@]1(c2ccccc2Cl)CCCC[C@@H]1NCc1ccc(C)c(C)c1. The zero-order valence-electron chi connectivity index (χ0n) is 15.5. The zero-order chi connectivity index (χ0) is 17.9. The molecule has 0 unspecified atom stereocenters. The third-order valence-corrected chi connectivity index (χ3v) is 6.16. The first-order valence-corrected chi connectivity index (χ1v) is 9.68. The lowest BCUT2D eigenvalue weighted by atomic mass is 9.72. The summed E-state index contributed by atoms with van der Waals surface area (Å²) >= 11 is 6.58. The number of rotatable bonds is 5. The third kappa shape index (κ3) is 3.76. The first kappa shape index (κ1) is 18.4. The van der Waals surface area contributed by atoms with Crippen LogP contribution in [-0.2, 0) is 12.1 Å².